The predicted octanol–water partition coefficient (Wildman–Crippen LogP) is 13.1. The topological polar surface area (TPSA) is 47.1 Å². The van der Waals surface area contributed by atoms with E-state index in [1.54, 1.807) is 11.8 Å². The third-order valence-electron chi connectivity index (χ3n) is 9.02. The van der Waals surface area contributed by atoms with Crippen LogP contribution >= 0.6 is 11.8 Å². The molecule has 0 saturated heterocycles. The molecule has 0 atom stereocenters. The zero-order chi connectivity index (χ0) is 34.3. The van der Waals surface area contributed by atoms with Gasteiger partial charge in [0.15, 0.2) is 17.2 Å². The molecule has 0 aromatic heterocycles. The fourth-order valence-electron chi connectivity index (χ4n) is 6.74. The predicted molar refractivity (Wildman–Crippen MR) is 206 cm³/mol. The fraction of sp³-hybridized carbons (Fsp3) is 0. The van der Waals surface area contributed by atoms with Crippen LogP contribution in [0.2, 0.25) is 0 Å². The third kappa shape index (κ3) is 5.30. The van der Waals surface area contributed by atoms with Gasteiger partial charge >= 0.3 is 0 Å². The van der Waals surface area contributed by atoms with Gasteiger partial charge < -0.3 is 19.4 Å². The largest absolute Gasteiger partial charge is 0.453 e. The van der Waals surface area contributed by atoms with Crippen LogP contribution in [0.1, 0.15) is 5.56 Å². The SMILES string of the molecule is [C-]#[N+]c1ccc(N(c2ccc(C#N)cc2)c2cc(N3c4ccccc4Oc4ccccc43)cc(N3c4ccccc4Sc4ccccc43)c2)cc1. The Kier molecular flexibility index (Phi) is 7.39. The minimum absolute atomic E-state index is 0.563. The lowest BCUT2D eigenvalue weighted by Gasteiger charge is -2.37. The van der Waals surface area contributed by atoms with Crippen LogP contribution in [-0.4, -0.2) is 0 Å². The van der Waals surface area contributed by atoms with Gasteiger partial charge in [0.25, 0.3) is 0 Å². The van der Waals surface area contributed by atoms with E-state index < -0.39 is 0 Å². The summed E-state index contributed by atoms with van der Waals surface area (Å²) in [4.78, 5) is 12.8. The van der Waals surface area contributed by atoms with Crippen LogP contribution in [0.4, 0.5) is 56.9 Å². The average molecular weight is 674 g/mol. The number of nitrogens with zero attached hydrogens (tertiary/aromatic N) is 5. The van der Waals surface area contributed by atoms with Crippen molar-refractivity contribution in [1.29, 1.82) is 5.26 Å². The molecule has 240 valence electrons. The van der Waals surface area contributed by atoms with Crippen LogP contribution in [-0.2, 0) is 0 Å². The Morgan fingerprint density at radius 2 is 1.02 bits per heavy atom. The molecule has 0 aliphatic carbocycles. The first-order valence-corrected chi connectivity index (χ1v) is 17.3. The maximum absolute atomic E-state index is 9.63. The molecule has 0 spiro atoms. The molecule has 51 heavy (non-hydrogen) atoms. The Bertz CT molecular complexity index is 2270. The molecule has 0 N–H and O–H groups in total. The van der Waals surface area contributed by atoms with Crippen LogP contribution in [0.15, 0.2) is 174 Å². The van der Waals surface area contributed by atoms with Crippen molar-refractivity contribution in [2.24, 2.45) is 0 Å². The van der Waals surface area contributed by atoms with Gasteiger partial charge in [-0.25, -0.2) is 4.85 Å². The van der Waals surface area contributed by atoms with Crippen molar-refractivity contribution in [3.8, 4) is 17.6 Å². The molecule has 0 saturated carbocycles. The summed E-state index contributed by atoms with van der Waals surface area (Å²) in [6.45, 7) is 7.57. The second-order valence-electron chi connectivity index (χ2n) is 12.1. The Morgan fingerprint density at radius 1 is 0.549 bits per heavy atom. The highest BCUT2D eigenvalue weighted by Gasteiger charge is 2.30. The van der Waals surface area contributed by atoms with E-state index in [1.807, 2.05) is 84.9 Å². The smallest absolute Gasteiger partial charge is 0.187 e. The summed E-state index contributed by atoms with van der Waals surface area (Å²) in [5.74, 6) is 1.54. The Morgan fingerprint density at radius 3 is 1.55 bits per heavy atom. The van der Waals surface area contributed by atoms with Crippen molar-refractivity contribution in [1.82, 2.24) is 0 Å². The molecule has 2 aliphatic rings. The first kappa shape index (κ1) is 30.2. The molecule has 7 heteroatoms. The van der Waals surface area contributed by atoms with Gasteiger partial charge in [-0.1, -0.05) is 72.4 Å². The molecule has 7 aromatic carbocycles. The summed E-state index contributed by atoms with van der Waals surface area (Å²) in [7, 11) is 0. The number of nitriles is 1. The van der Waals surface area contributed by atoms with Crippen molar-refractivity contribution in [2.75, 3.05) is 14.7 Å². The number of hydrogen-bond acceptors (Lipinski definition) is 6. The summed E-state index contributed by atoms with van der Waals surface area (Å²) >= 11 is 1.78. The number of ether oxygens (including phenoxy) is 1. The molecular formula is C44H27N5OS. The van der Waals surface area contributed by atoms with Crippen molar-refractivity contribution >= 4 is 68.6 Å². The number of anilines is 9. The zero-order valence-corrected chi connectivity index (χ0v) is 28.0. The summed E-state index contributed by atoms with van der Waals surface area (Å²) in [6, 6.07) is 57.4. The number of benzene rings is 7. The van der Waals surface area contributed by atoms with Crippen molar-refractivity contribution in [2.45, 2.75) is 9.79 Å². The minimum Gasteiger partial charge on any atom is -0.453 e. The average Bonchev–Trinajstić information content (AvgIpc) is 3.19. The lowest BCUT2D eigenvalue weighted by atomic mass is 10.1. The van der Waals surface area contributed by atoms with Crippen LogP contribution < -0.4 is 19.4 Å². The molecular weight excluding hydrogens is 647 g/mol. The molecule has 0 unspecified atom stereocenters. The van der Waals surface area contributed by atoms with Gasteiger partial charge in [-0.2, -0.15) is 5.26 Å². The monoisotopic (exact) mass is 673 g/mol. The number of rotatable bonds is 5. The Labute approximate surface area is 300 Å². The maximum Gasteiger partial charge on any atom is 0.187 e. The first-order valence-electron chi connectivity index (χ1n) is 16.4. The number of fused-ring (bicyclic) bond motifs is 4. The molecule has 7 aromatic rings. The molecule has 0 fully saturated rings. The van der Waals surface area contributed by atoms with E-state index in [0.717, 1.165) is 62.7 Å². The second-order valence-corrected chi connectivity index (χ2v) is 13.2. The summed E-state index contributed by atoms with van der Waals surface area (Å²) < 4.78 is 6.41. The Hall–Kier alpha value is -6.93. The van der Waals surface area contributed by atoms with Gasteiger partial charge in [0.05, 0.1) is 58.0 Å². The molecule has 2 aliphatic heterocycles. The van der Waals surface area contributed by atoms with Gasteiger partial charge in [0.1, 0.15) is 0 Å². The standard InChI is InChI=1S/C44H27N5OS/c1-46-31-20-24-33(25-21-31)47(32-22-18-30(29-45)19-23-32)34-26-35(48-37-10-2-6-14-41(37)50-42-15-7-3-11-38(42)48)28-36(27-34)49-39-12-4-8-16-43(39)51-44-17-9-5-13-40(44)49/h2-28H. The number of hydrogen-bond donors (Lipinski definition) is 0. The minimum atomic E-state index is 0.563. The van der Waals surface area contributed by atoms with E-state index in [1.165, 1.54) is 9.79 Å². The Balaban J connectivity index is 1.34. The highest BCUT2D eigenvalue weighted by atomic mass is 32.2. The highest BCUT2D eigenvalue weighted by Crippen LogP contribution is 2.55. The van der Waals surface area contributed by atoms with E-state index >= 15 is 0 Å². The van der Waals surface area contributed by atoms with Gasteiger partial charge in [-0.3, -0.25) is 0 Å². The van der Waals surface area contributed by atoms with E-state index in [2.05, 4.69) is 104 Å². The van der Waals surface area contributed by atoms with Crippen LogP contribution in [0, 0.1) is 17.9 Å². The molecule has 0 radical (unpaired) electrons. The van der Waals surface area contributed by atoms with Gasteiger partial charge in [0, 0.05) is 21.2 Å². The third-order valence-corrected chi connectivity index (χ3v) is 10.1. The van der Waals surface area contributed by atoms with E-state index in [0.29, 0.717) is 11.3 Å². The summed E-state index contributed by atoms with van der Waals surface area (Å²) in [5.41, 5.74) is 9.77. The molecule has 6 nitrogen and oxygen atoms in total. The second kappa shape index (κ2) is 12.5. The number of para-hydroxylation sites is 6. The van der Waals surface area contributed by atoms with Crippen molar-refractivity contribution in [3.05, 3.63) is 181 Å². The van der Waals surface area contributed by atoms with E-state index in [9.17, 15) is 5.26 Å². The van der Waals surface area contributed by atoms with Crippen molar-refractivity contribution < 1.29 is 4.74 Å². The lowest BCUT2D eigenvalue weighted by Crippen LogP contribution is -2.19. The summed E-state index contributed by atoms with van der Waals surface area (Å²) in [5, 5.41) is 9.63. The zero-order valence-electron chi connectivity index (χ0n) is 27.1. The van der Waals surface area contributed by atoms with E-state index in [4.69, 9.17) is 11.3 Å². The quantitative estimate of drug-likeness (QED) is 0.169. The van der Waals surface area contributed by atoms with Gasteiger partial charge in [-0.15, -0.1) is 0 Å². The van der Waals surface area contributed by atoms with Gasteiger partial charge in [0.2, 0.25) is 0 Å². The normalized spacial score (nSPS) is 12.3. The van der Waals surface area contributed by atoms with E-state index in [-0.39, 0.29) is 0 Å². The summed E-state index contributed by atoms with van der Waals surface area (Å²) in [6.07, 6.45) is 0. The van der Waals surface area contributed by atoms with Crippen LogP contribution in [0.5, 0.6) is 11.5 Å². The maximum atomic E-state index is 9.63. The van der Waals surface area contributed by atoms with Crippen molar-refractivity contribution in [3.63, 3.8) is 0 Å². The van der Waals surface area contributed by atoms with Crippen LogP contribution in [0.3, 0.4) is 0 Å². The van der Waals surface area contributed by atoms with Gasteiger partial charge in [-0.05, 0) is 103 Å². The fourth-order valence-corrected chi connectivity index (χ4v) is 7.80. The first-order chi connectivity index (χ1) is 25.2. The molecule has 0 bridgehead atoms. The molecule has 2 heterocycles. The van der Waals surface area contributed by atoms with Crippen LogP contribution in [0.25, 0.3) is 4.85 Å². The highest BCUT2D eigenvalue weighted by molar-refractivity contribution is 7.99. The lowest BCUT2D eigenvalue weighted by molar-refractivity contribution is 0.477. The molecule has 9 rings (SSSR count). The molecule has 0 amide bonds.